The maximum atomic E-state index is 6.07. The molecule has 1 rings (SSSR count). The molecule has 0 saturated carbocycles. The van der Waals surface area contributed by atoms with Gasteiger partial charge in [-0.2, -0.15) is 0 Å². The van der Waals surface area contributed by atoms with Crippen LogP contribution < -0.4 is 5.73 Å². The van der Waals surface area contributed by atoms with Gasteiger partial charge in [0.25, 0.3) is 0 Å². The highest BCUT2D eigenvalue weighted by Gasteiger charge is 2.21. The Kier molecular flexibility index (Phi) is 4.89. The third-order valence-electron chi connectivity index (χ3n) is 2.06. The van der Waals surface area contributed by atoms with Crippen LogP contribution in [0.5, 0.6) is 0 Å². The Hall–Kier alpha value is 0.220. The molecule has 0 radical (unpaired) electrons. The molecule has 1 unspecified atom stereocenters. The summed E-state index contributed by atoms with van der Waals surface area (Å²) in [7, 11) is 0. The fourth-order valence-electron chi connectivity index (χ4n) is 0.749. The summed E-state index contributed by atoms with van der Waals surface area (Å²) in [6, 6.07) is 0.184. The molecule has 0 amide bonds. The molecule has 0 aliphatic carbocycles. The van der Waals surface area contributed by atoms with Crippen LogP contribution in [0, 0.1) is 5.41 Å². The van der Waals surface area contributed by atoms with Crippen molar-refractivity contribution in [1.82, 2.24) is 10.2 Å². The molecule has 0 spiro atoms. The third-order valence-corrected chi connectivity index (χ3v) is 5.21. The van der Waals surface area contributed by atoms with Crippen LogP contribution in [0.3, 0.4) is 0 Å². The van der Waals surface area contributed by atoms with E-state index < -0.39 is 0 Å². The van der Waals surface area contributed by atoms with E-state index in [4.69, 9.17) is 5.73 Å². The highest BCUT2D eigenvalue weighted by Crippen LogP contribution is 2.29. The minimum Gasteiger partial charge on any atom is -0.326 e. The summed E-state index contributed by atoms with van der Waals surface area (Å²) in [6.07, 6.45) is 2.01. The van der Waals surface area contributed by atoms with Crippen molar-refractivity contribution in [1.29, 1.82) is 0 Å². The van der Waals surface area contributed by atoms with E-state index in [1.807, 2.05) is 6.26 Å². The number of aromatic nitrogens is 2. The van der Waals surface area contributed by atoms with E-state index in [1.54, 1.807) is 34.9 Å². The van der Waals surface area contributed by atoms with E-state index in [2.05, 4.69) is 31.0 Å². The lowest BCUT2D eigenvalue weighted by atomic mass is 9.89. The van der Waals surface area contributed by atoms with E-state index in [9.17, 15) is 0 Å². The molecule has 0 fully saturated rings. The van der Waals surface area contributed by atoms with Crippen LogP contribution in [0.25, 0.3) is 0 Å². The van der Waals surface area contributed by atoms with Gasteiger partial charge in [-0.3, -0.25) is 0 Å². The first-order valence-electron chi connectivity index (χ1n) is 4.69. The first kappa shape index (κ1) is 13.3. The van der Waals surface area contributed by atoms with E-state index in [0.29, 0.717) is 0 Å². The molecule has 2 N–H and O–H groups in total. The Morgan fingerprint density at radius 3 is 2.40 bits per heavy atom. The fraction of sp³-hybridized carbons (Fsp3) is 0.778. The monoisotopic (exact) mass is 263 g/mol. The summed E-state index contributed by atoms with van der Waals surface area (Å²) in [5.74, 6) is 0.895. The first-order chi connectivity index (χ1) is 6.93. The first-order valence-corrected chi connectivity index (χ1v) is 7.72. The quantitative estimate of drug-likeness (QED) is 0.847. The molecular formula is C9H17N3S3. The van der Waals surface area contributed by atoms with Crippen molar-refractivity contribution >= 4 is 34.9 Å². The van der Waals surface area contributed by atoms with Crippen molar-refractivity contribution in [2.45, 2.75) is 35.5 Å². The number of hydrogen-bond donors (Lipinski definition) is 1. The molecule has 1 atom stereocenters. The Morgan fingerprint density at radius 1 is 1.33 bits per heavy atom. The van der Waals surface area contributed by atoms with Crippen molar-refractivity contribution in [3.63, 3.8) is 0 Å². The largest absolute Gasteiger partial charge is 0.326 e. The number of nitrogens with zero attached hydrogens (tertiary/aromatic N) is 2. The lowest BCUT2D eigenvalue weighted by Crippen LogP contribution is -2.37. The highest BCUT2D eigenvalue weighted by molar-refractivity contribution is 8.03. The maximum absolute atomic E-state index is 6.07. The molecule has 0 aliphatic rings. The minimum absolute atomic E-state index is 0.153. The Balaban J connectivity index is 2.43. The molecule has 1 aromatic rings. The zero-order valence-electron chi connectivity index (χ0n) is 9.48. The predicted octanol–water partition coefficient (Wildman–Crippen LogP) is 2.73. The van der Waals surface area contributed by atoms with Gasteiger partial charge in [-0.25, -0.2) is 0 Å². The third kappa shape index (κ3) is 4.30. The molecule has 0 bridgehead atoms. The van der Waals surface area contributed by atoms with Crippen LogP contribution >= 0.6 is 34.9 Å². The van der Waals surface area contributed by atoms with E-state index in [1.165, 1.54) is 0 Å². The van der Waals surface area contributed by atoms with Gasteiger partial charge in [0.15, 0.2) is 8.68 Å². The van der Waals surface area contributed by atoms with Crippen molar-refractivity contribution in [2.75, 3.05) is 12.0 Å². The SMILES string of the molecule is CSc1nnc(SCC(N)C(C)(C)C)s1. The molecule has 3 nitrogen and oxygen atoms in total. The van der Waals surface area contributed by atoms with Gasteiger partial charge in [0.05, 0.1) is 0 Å². The molecule has 0 aromatic carbocycles. The average molecular weight is 263 g/mol. The summed E-state index contributed by atoms with van der Waals surface area (Å²) in [4.78, 5) is 0. The van der Waals surface area contributed by atoms with Crippen LogP contribution in [0.15, 0.2) is 8.68 Å². The van der Waals surface area contributed by atoms with Gasteiger partial charge >= 0.3 is 0 Å². The lowest BCUT2D eigenvalue weighted by Gasteiger charge is -2.26. The van der Waals surface area contributed by atoms with Gasteiger partial charge in [0, 0.05) is 11.8 Å². The van der Waals surface area contributed by atoms with Crippen molar-refractivity contribution in [2.24, 2.45) is 11.1 Å². The second-order valence-corrected chi connectivity index (χ2v) is 7.62. The highest BCUT2D eigenvalue weighted by atomic mass is 32.2. The number of hydrogen-bond acceptors (Lipinski definition) is 6. The second-order valence-electron chi connectivity index (χ2n) is 4.32. The molecule has 1 heterocycles. The van der Waals surface area contributed by atoms with E-state index in [0.717, 1.165) is 14.4 Å². The fourth-order valence-corrected chi connectivity index (χ4v) is 3.51. The van der Waals surface area contributed by atoms with E-state index >= 15 is 0 Å². The van der Waals surface area contributed by atoms with Gasteiger partial charge < -0.3 is 5.73 Å². The van der Waals surface area contributed by atoms with Crippen LogP contribution in [0.2, 0.25) is 0 Å². The van der Waals surface area contributed by atoms with Gasteiger partial charge in [-0.1, -0.05) is 55.6 Å². The minimum atomic E-state index is 0.153. The Morgan fingerprint density at radius 2 is 1.93 bits per heavy atom. The zero-order chi connectivity index (χ0) is 11.5. The van der Waals surface area contributed by atoms with Gasteiger partial charge in [0.2, 0.25) is 0 Å². The van der Waals surface area contributed by atoms with Crippen molar-refractivity contribution < 1.29 is 0 Å². The summed E-state index contributed by atoms with van der Waals surface area (Å²) in [6.45, 7) is 6.48. The van der Waals surface area contributed by atoms with Gasteiger partial charge in [0.1, 0.15) is 0 Å². The predicted molar refractivity (Wildman–Crippen MR) is 69.8 cm³/mol. The van der Waals surface area contributed by atoms with Crippen LogP contribution in [0.4, 0.5) is 0 Å². The number of rotatable bonds is 4. The van der Waals surface area contributed by atoms with Crippen LogP contribution in [-0.2, 0) is 0 Å². The summed E-state index contributed by atoms with van der Waals surface area (Å²) < 4.78 is 2.03. The topological polar surface area (TPSA) is 51.8 Å². The van der Waals surface area contributed by atoms with Crippen molar-refractivity contribution in [3.05, 3.63) is 0 Å². The van der Waals surface area contributed by atoms with Crippen molar-refractivity contribution in [3.8, 4) is 0 Å². The molecule has 1 aromatic heterocycles. The molecular weight excluding hydrogens is 246 g/mol. The molecule has 86 valence electrons. The lowest BCUT2D eigenvalue weighted by molar-refractivity contribution is 0.344. The molecule has 15 heavy (non-hydrogen) atoms. The zero-order valence-corrected chi connectivity index (χ0v) is 11.9. The molecule has 0 aliphatic heterocycles. The van der Waals surface area contributed by atoms with Crippen LogP contribution in [-0.4, -0.2) is 28.2 Å². The Bertz CT molecular complexity index is 306. The summed E-state index contributed by atoms with van der Waals surface area (Å²) in [5.41, 5.74) is 6.22. The normalized spacial score (nSPS) is 14.2. The number of nitrogens with two attached hydrogens (primary N) is 1. The Labute approximate surface area is 104 Å². The maximum Gasteiger partial charge on any atom is 0.175 e. The smallest absolute Gasteiger partial charge is 0.175 e. The molecule has 6 heteroatoms. The van der Waals surface area contributed by atoms with Gasteiger partial charge in [-0.15, -0.1) is 10.2 Å². The van der Waals surface area contributed by atoms with E-state index in [-0.39, 0.29) is 11.5 Å². The average Bonchev–Trinajstić information content (AvgIpc) is 2.60. The van der Waals surface area contributed by atoms with Crippen LogP contribution in [0.1, 0.15) is 20.8 Å². The standard InChI is InChI=1S/C9H17N3S3/c1-9(2,3)6(10)5-14-8-12-11-7(13-4)15-8/h6H,5,10H2,1-4H3. The molecule has 0 saturated heterocycles. The summed E-state index contributed by atoms with van der Waals surface area (Å²) >= 11 is 4.96. The number of thioether (sulfide) groups is 2. The summed E-state index contributed by atoms with van der Waals surface area (Å²) in [5, 5.41) is 8.14. The second kappa shape index (κ2) is 5.52. The van der Waals surface area contributed by atoms with Gasteiger partial charge in [-0.05, 0) is 11.7 Å².